The monoisotopic (exact) mass is 254 g/mol. The Hall–Kier alpha value is -2.04. The van der Waals surface area contributed by atoms with Gasteiger partial charge in [-0.15, -0.1) is 0 Å². The van der Waals surface area contributed by atoms with Crippen molar-refractivity contribution in [3.63, 3.8) is 0 Å². The van der Waals surface area contributed by atoms with Crippen LogP contribution in [0.15, 0.2) is 18.2 Å². The quantitative estimate of drug-likeness (QED) is 0.898. The van der Waals surface area contributed by atoms with Gasteiger partial charge in [0.15, 0.2) is 0 Å². The van der Waals surface area contributed by atoms with E-state index in [1.165, 1.54) is 19.4 Å². The van der Waals surface area contributed by atoms with Crippen LogP contribution in [0.5, 0.6) is 0 Å². The van der Waals surface area contributed by atoms with Gasteiger partial charge in [-0.25, -0.2) is 0 Å². The molecule has 1 N–H and O–H groups in total. The van der Waals surface area contributed by atoms with Crippen LogP contribution >= 0.6 is 0 Å². The molecule has 1 aliphatic heterocycles. The van der Waals surface area contributed by atoms with Crippen molar-refractivity contribution in [2.24, 2.45) is 5.92 Å². The van der Waals surface area contributed by atoms with Crippen LogP contribution in [0, 0.1) is 28.6 Å². The van der Waals surface area contributed by atoms with E-state index in [2.05, 4.69) is 23.3 Å². The molecule has 0 spiro atoms. The number of rotatable bonds is 3. The summed E-state index contributed by atoms with van der Waals surface area (Å²) in [5.41, 5.74) is 1.79. The Morgan fingerprint density at radius 2 is 2.11 bits per heavy atom. The molecule has 1 aromatic rings. The second kappa shape index (κ2) is 6.22. The first-order chi connectivity index (χ1) is 9.22. The van der Waals surface area contributed by atoms with Crippen LogP contribution in [0.3, 0.4) is 0 Å². The zero-order valence-corrected chi connectivity index (χ0v) is 11.2. The summed E-state index contributed by atoms with van der Waals surface area (Å²) in [6.07, 6.45) is 2.50. The lowest BCUT2D eigenvalue weighted by molar-refractivity contribution is 0.217. The molecule has 1 heterocycles. The summed E-state index contributed by atoms with van der Waals surface area (Å²) in [5.74, 6) is 0.653. The SMILES string of the molecule is CN1CCCC(CNc2ccc(C#N)c(C#N)c2)C1. The minimum absolute atomic E-state index is 0.436. The average molecular weight is 254 g/mol. The van der Waals surface area contributed by atoms with Gasteiger partial charge in [-0.1, -0.05) is 0 Å². The van der Waals surface area contributed by atoms with Gasteiger partial charge in [0.2, 0.25) is 0 Å². The van der Waals surface area contributed by atoms with Crippen LogP contribution in [0.1, 0.15) is 24.0 Å². The number of anilines is 1. The molecule has 0 saturated carbocycles. The molecule has 1 aliphatic rings. The highest BCUT2D eigenvalue weighted by Crippen LogP contribution is 2.18. The summed E-state index contributed by atoms with van der Waals surface area (Å²) in [6.45, 7) is 3.22. The van der Waals surface area contributed by atoms with E-state index in [0.29, 0.717) is 17.0 Å². The molecule has 0 bridgehead atoms. The third-order valence-electron chi connectivity index (χ3n) is 3.58. The zero-order chi connectivity index (χ0) is 13.7. The maximum atomic E-state index is 8.99. The maximum absolute atomic E-state index is 8.99. The van der Waals surface area contributed by atoms with Gasteiger partial charge < -0.3 is 10.2 Å². The van der Waals surface area contributed by atoms with Gasteiger partial charge >= 0.3 is 0 Å². The Labute approximate surface area is 114 Å². The van der Waals surface area contributed by atoms with Crippen molar-refractivity contribution < 1.29 is 0 Å². The van der Waals surface area contributed by atoms with Crippen molar-refractivity contribution in [3.05, 3.63) is 29.3 Å². The molecule has 1 saturated heterocycles. The predicted octanol–water partition coefficient (Wildman–Crippen LogP) is 2.18. The zero-order valence-electron chi connectivity index (χ0n) is 11.2. The highest BCUT2D eigenvalue weighted by atomic mass is 15.1. The van der Waals surface area contributed by atoms with E-state index in [-0.39, 0.29) is 0 Å². The minimum Gasteiger partial charge on any atom is -0.385 e. The molecule has 1 fully saturated rings. The highest BCUT2D eigenvalue weighted by Gasteiger charge is 2.16. The molecule has 0 amide bonds. The number of hydrogen-bond acceptors (Lipinski definition) is 4. The number of benzene rings is 1. The molecule has 0 aliphatic carbocycles. The fourth-order valence-corrected chi connectivity index (χ4v) is 2.55. The van der Waals surface area contributed by atoms with Gasteiger partial charge in [-0.2, -0.15) is 10.5 Å². The number of likely N-dealkylation sites (tertiary alicyclic amines) is 1. The van der Waals surface area contributed by atoms with E-state index in [4.69, 9.17) is 10.5 Å². The second-order valence-electron chi connectivity index (χ2n) is 5.14. The molecule has 98 valence electrons. The summed E-state index contributed by atoms with van der Waals surface area (Å²) in [4.78, 5) is 2.36. The Morgan fingerprint density at radius 3 is 2.79 bits per heavy atom. The first kappa shape index (κ1) is 13.4. The van der Waals surface area contributed by atoms with Crippen molar-refractivity contribution in [1.29, 1.82) is 10.5 Å². The predicted molar refractivity (Wildman–Crippen MR) is 74.6 cm³/mol. The Kier molecular flexibility index (Phi) is 4.39. The third kappa shape index (κ3) is 3.47. The van der Waals surface area contributed by atoms with Gasteiger partial charge in [0.1, 0.15) is 12.1 Å². The van der Waals surface area contributed by atoms with Gasteiger partial charge in [0, 0.05) is 18.8 Å². The largest absolute Gasteiger partial charge is 0.385 e. The first-order valence-corrected chi connectivity index (χ1v) is 6.59. The van der Waals surface area contributed by atoms with Gasteiger partial charge in [-0.05, 0) is 50.6 Å². The lowest BCUT2D eigenvalue weighted by atomic mass is 9.98. The number of nitrogens with zero attached hydrogens (tertiary/aromatic N) is 3. The van der Waals surface area contributed by atoms with Crippen molar-refractivity contribution in [3.8, 4) is 12.1 Å². The van der Waals surface area contributed by atoms with Gasteiger partial charge in [0.05, 0.1) is 11.1 Å². The van der Waals surface area contributed by atoms with Crippen LogP contribution in [0.4, 0.5) is 5.69 Å². The first-order valence-electron chi connectivity index (χ1n) is 6.59. The van der Waals surface area contributed by atoms with Gasteiger partial charge in [0.25, 0.3) is 0 Å². The van der Waals surface area contributed by atoms with Crippen LogP contribution in [0.25, 0.3) is 0 Å². The van der Waals surface area contributed by atoms with E-state index in [1.54, 1.807) is 12.1 Å². The third-order valence-corrected chi connectivity index (χ3v) is 3.58. The Morgan fingerprint density at radius 1 is 1.32 bits per heavy atom. The molecule has 4 nitrogen and oxygen atoms in total. The fraction of sp³-hybridized carbons (Fsp3) is 0.467. The van der Waals surface area contributed by atoms with E-state index >= 15 is 0 Å². The van der Waals surface area contributed by atoms with Crippen LogP contribution in [-0.4, -0.2) is 31.6 Å². The highest BCUT2D eigenvalue weighted by molar-refractivity contribution is 5.56. The van der Waals surface area contributed by atoms with Crippen molar-refractivity contribution in [2.75, 3.05) is 32.0 Å². The lowest BCUT2D eigenvalue weighted by Crippen LogP contribution is -2.35. The van der Waals surface area contributed by atoms with Crippen LogP contribution in [0.2, 0.25) is 0 Å². The summed E-state index contributed by atoms with van der Waals surface area (Å²) in [7, 11) is 2.15. The number of piperidine rings is 1. The molecule has 1 aromatic carbocycles. The molecule has 1 unspecified atom stereocenters. The van der Waals surface area contributed by atoms with E-state index in [9.17, 15) is 0 Å². The van der Waals surface area contributed by atoms with E-state index < -0.39 is 0 Å². The standard InChI is InChI=1S/C15H18N4/c1-19-6-2-3-12(11-19)10-18-15-5-4-13(8-16)14(7-15)9-17/h4-5,7,12,18H,2-3,6,10-11H2,1H3. The molecule has 4 heteroatoms. The normalized spacial score (nSPS) is 19.4. The van der Waals surface area contributed by atoms with Crippen molar-refractivity contribution in [1.82, 2.24) is 4.90 Å². The number of hydrogen-bond donors (Lipinski definition) is 1. The molecule has 1 atom stereocenters. The maximum Gasteiger partial charge on any atom is 0.101 e. The summed E-state index contributed by atoms with van der Waals surface area (Å²) >= 11 is 0. The Bertz CT molecular complexity index is 524. The van der Waals surface area contributed by atoms with Crippen LogP contribution < -0.4 is 5.32 Å². The molecule has 2 rings (SSSR count). The van der Waals surface area contributed by atoms with Crippen LogP contribution in [-0.2, 0) is 0 Å². The summed E-state index contributed by atoms with van der Waals surface area (Å²) < 4.78 is 0. The fourth-order valence-electron chi connectivity index (χ4n) is 2.55. The summed E-state index contributed by atoms with van der Waals surface area (Å²) in [5, 5.41) is 21.2. The molecule has 0 aromatic heterocycles. The number of nitrogens with one attached hydrogen (secondary N) is 1. The van der Waals surface area contributed by atoms with Crippen molar-refractivity contribution >= 4 is 5.69 Å². The second-order valence-corrected chi connectivity index (χ2v) is 5.14. The minimum atomic E-state index is 0.436. The molecular formula is C15H18N4. The van der Waals surface area contributed by atoms with E-state index in [0.717, 1.165) is 18.8 Å². The summed E-state index contributed by atoms with van der Waals surface area (Å²) in [6, 6.07) is 9.41. The number of nitriles is 2. The molecule has 0 radical (unpaired) electrons. The van der Waals surface area contributed by atoms with E-state index in [1.807, 2.05) is 12.1 Å². The molecule has 19 heavy (non-hydrogen) atoms. The lowest BCUT2D eigenvalue weighted by Gasteiger charge is -2.30. The van der Waals surface area contributed by atoms with Gasteiger partial charge in [-0.3, -0.25) is 0 Å². The Balaban J connectivity index is 1.97. The van der Waals surface area contributed by atoms with Crippen molar-refractivity contribution in [2.45, 2.75) is 12.8 Å². The smallest absolute Gasteiger partial charge is 0.101 e. The average Bonchev–Trinajstić information content (AvgIpc) is 2.45. The topological polar surface area (TPSA) is 62.9 Å². The molecular weight excluding hydrogens is 236 g/mol.